The molecule has 0 spiro atoms. The summed E-state index contributed by atoms with van der Waals surface area (Å²) in [7, 11) is 0. The van der Waals surface area contributed by atoms with E-state index in [2.05, 4.69) is 17.4 Å². The maximum absolute atomic E-state index is 6.06. The van der Waals surface area contributed by atoms with E-state index < -0.39 is 0 Å². The van der Waals surface area contributed by atoms with Gasteiger partial charge in [0.1, 0.15) is 13.2 Å². The first-order valence-electron chi connectivity index (χ1n) is 7.21. The fourth-order valence-corrected chi connectivity index (χ4v) is 3.25. The van der Waals surface area contributed by atoms with Crippen LogP contribution < -0.4 is 14.8 Å². The van der Waals surface area contributed by atoms with Gasteiger partial charge in [-0.1, -0.05) is 17.7 Å². The maximum Gasteiger partial charge on any atom is 0.163 e. The minimum atomic E-state index is 0.404. The van der Waals surface area contributed by atoms with Crippen molar-refractivity contribution < 1.29 is 9.47 Å². The molecule has 0 amide bonds. The van der Waals surface area contributed by atoms with Crippen molar-refractivity contribution in [3.8, 4) is 11.5 Å². The molecule has 1 unspecified atom stereocenters. The van der Waals surface area contributed by atoms with Crippen LogP contribution in [0.2, 0.25) is 5.02 Å². The third-order valence-corrected chi connectivity index (χ3v) is 4.25. The third kappa shape index (κ3) is 2.54. The lowest BCUT2D eigenvalue weighted by molar-refractivity contribution is 0.171. The highest BCUT2D eigenvalue weighted by Gasteiger charge is 2.22. The molecule has 1 aliphatic heterocycles. The first-order valence-corrected chi connectivity index (χ1v) is 7.59. The van der Waals surface area contributed by atoms with Gasteiger partial charge in [0.25, 0.3) is 0 Å². The smallest absolute Gasteiger partial charge is 0.163 e. The van der Waals surface area contributed by atoms with E-state index in [1.807, 2.05) is 24.3 Å². The molecule has 3 nitrogen and oxygen atoms in total. The van der Waals surface area contributed by atoms with Crippen LogP contribution in [0.1, 0.15) is 11.1 Å². The molecule has 21 heavy (non-hydrogen) atoms. The van der Waals surface area contributed by atoms with Crippen molar-refractivity contribution in [1.29, 1.82) is 0 Å². The number of benzene rings is 2. The van der Waals surface area contributed by atoms with Crippen molar-refractivity contribution in [3.05, 3.63) is 52.5 Å². The van der Waals surface area contributed by atoms with Gasteiger partial charge in [-0.3, -0.25) is 0 Å². The Morgan fingerprint density at radius 3 is 2.62 bits per heavy atom. The number of halogens is 1. The number of ether oxygens (including phenoxy) is 2. The second-order valence-corrected chi connectivity index (χ2v) is 5.96. The van der Waals surface area contributed by atoms with Gasteiger partial charge in [0, 0.05) is 22.8 Å². The van der Waals surface area contributed by atoms with Crippen LogP contribution in [0.25, 0.3) is 0 Å². The molecule has 0 saturated carbocycles. The van der Waals surface area contributed by atoms with Crippen LogP contribution >= 0.6 is 11.6 Å². The molecule has 2 aromatic carbocycles. The molecule has 0 fully saturated rings. The minimum Gasteiger partial charge on any atom is -0.486 e. The predicted octanol–water partition coefficient (Wildman–Crippen LogP) is 3.69. The van der Waals surface area contributed by atoms with Crippen molar-refractivity contribution in [2.45, 2.75) is 18.9 Å². The Morgan fingerprint density at radius 1 is 0.905 bits per heavy atom. The van der Waals surface area contributed by atoms with Crippen molar-refractivity contribution in [3.63, 3.8) is 0 Å². The molecule has 0 saturated heterocycles. The minimum absolute atomic E-state index is 0.404. The average molecular weight is 302 g/mol. The Labute approximate surface area is 128 Å². The molecule has 1 atom stereocenters. The SMILES string of the molecule is Clc1ccc2c(c1)CC(Nc1ccc3c(c1)OCCO3)C2. The third-order valence-electron chi connectivity index (χ3n) is 4.01. The van der Waals surface area contributed by atoms with E-state index in [0.717, 1.165) is 35.1 Å². The number of nitrogens with one attached hydrogen (secondary N) is 1. The molecule has 2 aromatic rings. The number of hydrogen-bond donors (Lipinski definition) is 1. The molecule has 1 N–H and O–H groups in total. The van der Waals surface area contributed by atoms with Gasteiger partial charge in [-0.25, -0.2) is 0 Å². The lowest BCUT2D eigenvalue weighted by atomic mass is 10.1. The zero-order valence-electron chi connectivity index (χ0n) is 11.6. The number of hydrogen-bond acceptors (Lipinski definition) is 3. The normalized spacial score (nSPS) is 19.2. The highest BCUT2D eigenvalue weighted by molar-refractivity contribution is 6.30. The molecule has 1 aliphatic carbocycles. The first-order chi connectivity index (χ1) is 10.3. The molecule has 108 valence electrons. The monoisotopic (exact) mass is 301 g/mol. The van der Waals surface area contributed by atoms with Crippen molar-refractivity contribution in [1.82, 2.24) is 0 Å². The van der Waals surface area contributed by atoms with Crippen LogP contribution in [0.4, 0.5) is 5.69 Å². The van der Waals surface area contributed by atoms with Crippen LogP contribution in [0.3, 0.4) is 0 Å². The summed E-state index contributed by atoms with van der Waals surface area (Å²) >= 11 is 6.06. The quantitative estimate of drug-likeness (QED) is 0.917. The second-order valence-electron chi connectivity index (χ2n) is 5.52. The van der Waals surface area contributed by atoms with Crippen LogP contribution in [0, 0.1) is 0 Å². The van der Waals surface area contributed by atoms with E-state index in [1.54, 1.807) is 0 Å². The Balaban J connectivity index is 1.50. The molecule has 1 heterocycles. The van der Waals surface area contributed by atoms with Crippen molar-refractivity contribution in [2.24, 2.45) is 0 Å². The Morgan fingerprint density at radius 2 is 1.71 bits per heavy atom. The number of rotatable bonds is 2. The fourth-order valence-electron chi connectivity index (χ4n) is 3.06. The molecule has 0 bridgehead atoms. The largest absolute Gasteiger partial charge is 0.486 e. The summed E-state index contributed by atoms with van der Waals surface area (Å²) < 4.78 is 11.2. The van der Waals surface area contributed by atoms with Gasteiger partial charge in [0.05, 0.1) is 0 Å². The summed E-state index contributed by atoms with van der Waals surface area (Å²) in [6.45, 7) is 1.24. The summed E-state index contributed by atoms with van der Waals surface area (Å²) in [4.78, 5) is 0. The molecule has 2 aliphatic rings. The summed E-state index contributed by atoms with van der Waals surface area (Å²) in [5.41, 5.74) is 3.80. The van der Waals surface area contributed by atoms with Crippen LogP contribution in [-0.2, 0) is 12.8 Å². The lowest BCUT2D eigenvalue weighted by Gasteiger charge is -2.20. The van der Waals surface area contributed by atoms with Gasteiger partial charge in [0.2, 0.25) is 0 Å². The van der Waals surface area contributed by atoms with Gasteiger partial charge in [-0.05, 0) is 48.2 Å². The highest BCUT2D eigenvalue weighted by Crippen LogP contribution is 2.34. The maximum atomic E-state index is 6.06. The van der Waals surface area contributed by atoms with E-state index in [-0.39, 0.29) is 0 Å². The molecule has 4 heteroatoms. The zero-order valence-corrected chi connectivity index (χ0v) is 12.3. The molecule has 0 radical (unpaired) electrons. The van der Waals surface area contributed by atoms with Gasteiger partial charge in [-0.15, -0.1) is 0 Å². The van der Waals surface area contributed by atoms with Crippen molar-refractivity contribution in [2.75, 3.05) is 18.5 Å². The Bertz CT molecular complexity index is 686. The van der Waals surface area contributed by atoms with E-state index in [0.29, 0.717) is 19.3 Å². The highest BCUT2D eigenvalue weighted by atomic mass is 35.5. The van der Waals surface area contributed by atoms with E-state index in [4.69, 9.17) is 21.1 Å². The Hall–Kier alpha value is -1.87. The Kier molecular flexibility index (Phi) is 3.15. The fraction of sp³-hybridized carbons (Fsp3) is 0.294. The van der Waals surface area contributed by atoms with Gasteiger partial charge in [0.15, 0.2) is 11.5 Å². The summed E-state index contributed by atoms with van der Waals surface area (Å²) in [6, 6.07) is 12.6. The number of anilines is 1. The summed E-state index contributed by atoms with van der Waals surface area (Å²) in [5.74, 6) is 1.65. The topological polar surface area (TPSA) is 30.5 Å². The number of fused-ring (bicyclic) bond motifs is 2. The van der Waals surface area contributed by atoms with E-state index in [9.17, 15) is 0 Å². The molecule has 4 rings (SSSR count). The van der Waals surface area contributed by atoms with Crippen LogP contribution in [0.5, 0.6) is 11.5 Å². The molecular formula is C17H16ClNO2. The van der Waals surface area contributed by atoms with Crippen LogP contribution in [0.15, 0.2) is 36.4 Å². The standard InChI is InChI=1S/C17H16ClNO2/c18-13-2-1-11-8-15(9-12(11)7-13)19-14-3-4-16-17(10-14)21-6-5-20-16/h1-4,7,10,15,19H,5-6,8-9H2. The van der Waals surface area contributed by atoms with Gasteiger partial charge < -0.3 is 14.8 Å². The average Bonchev–Trinajstić information content (AvgIpc) is 2.88. The summed E-state index contributed by atoms with van der Waals surface area (Å²) in [5, 5.41) is 4.39. The lowest BCUT2D eigenvalue weighted by Crippen LogP contribution is -2.20. The van der Waals surface area contributed by atoms with E-state index in [1.165, 1.54) is 11.1 Å². The molecular weight excluding hydrogens is 286 g/mol. The van der Waals surface area contributed by atoms with Gasteiger partial charge >= 0.3 is 0 Å². The van der Waals surface area contributed by atoms with E-state index >= 15 is 0 Å². The summed E-state index contributed by atoms with van der Waals surface area (Å²) in [6.07, 6.45) is 2.03. The first kappa shape index (κ1) is 12.8. The van der Waals surface area contributed by atoms with Gasteiger partial charge in [-0.2, -0.15) is 0 Å². The van der Waals surface area contributed by atoms with Crippen molar-refractivity contribution >= 4 is 17.3 Å². The molecule has 0 aromatic heterocycles. The predicted molar refractivity (Wildman–Crippen MR) is 83.7 cm³/mol. The second kappa shape index (κ2) is 5.15. The zero-order chi connectivity index (χ0) is 14.2. The van der Waals surface area contributed by atoms with Crippen LogP contribution in [-0.4, -0.2) is 19.3 Å².